The van der Waals surface area contributed by atoms with Gasteiger partial charge in [0.1, 0.15) is 0 Å². The zero-order valence-corrected chi connectivity index (χ0v) is 17.6. The summed E-state index contributed by atoms with van der Waals surface area (Å²) in [6.07, 6.45) is 0. The highest BCUT2D eigenvalue weighted by atomic mass is 16.2. The number of aryl methyl sites for hydroxylation is 3. The number of pyridine rings is 1. The van der Waals surface area contributed by atoms with E-state index in [4.69, 9.17) is 0 Å². The minimum atomic E-state index is -0.189. The van der Waals surface area contributed by atoms with Crippen molar-refractivity contribution in [2.45, 2.75) is 34.6 Å². The van der Waals surface area contributed by atoms with E-state index in [0.29, 0.717) is 29.3 Å². The molecular weight excluding hydrogens is 362 g/mol. The molecule has 0 aliphatic rings. The largest absolute Gasteiger partial charge is 0.352 e. The van der Waals surface area contributed by atoms with Crippen LogP contribution in [0.4, 0.5) is 5.69 Å². The summed E-state index contributed by atoms with van der Waals surface area (Å²) in [4.78, 5) is 29.8. The van der Waals surface area contributed by atoms with Crippen LogP contribution in [0, 0.1) is 26.7 Å². The molecule has 29 heavy (non-hydrogen) atoms. The lowest BCUT2D eigenvalue weighted by atomic mass is 10.0. The second-order valence-electron chi connectivity index (χ2n) is 7.92. The zero-order valence-electron chi connectivity index (χ0n) is 17.6. The molecule has 2 aromatic carbocycles. The molecule has 2 amide bonds. The number of carbonyl (C=O) groups excluding carboxylic acids is 2. The molecule has 5 heteroatoms. The second-order valence-corrected chi connectivity index (χ2v) is 7.92. The molecule has 0 aliphatic heterocycles. The van der Waals surface area contributed by atoms with Gasteiger partial charge in [-0.05, 0) is 68.7 Å². The van der Waals surface area contributed by atoms with Gasteiger partial charge in [0.25, 0.3) is 11.8 Å². The molecule has 3 rings (SSSR count). The van der Waals surface area contributed by atoms with Crippen LogP contribution >= 0.6 is 0 Å². The summed E-state index contributed by atoms with van der Waals surface area (Å²) in [5.41, 5.74) is 5.36. The Hall–Kier alpha value is -3.21. The van der Waals surface area contributed by atoms with Crippen LogP contribution in [0.25, 0.3) is 10.9 Å². The van der Waals surface area contributed by atoms with E-state index < -0.39 is 0 Å². The third-order valence-corrected chi connectivity index (χ3v) is 4.74. The molecule has 0 unspecified atom stereocenters. The number of rotatable bonds is 5. The van der Waals surface area contributed by atoms with Crippen molar-refractivity contribution in [1.82, 2.24) is 10.3 Å². The van der Waals surface area contributed by atoms with Crippen molar-refractivity contribution in [3.05, 3.63) is 70.4 Å². The van der Waals surface area contributed by atoms with Gasteiger partial charge in [-0.25, -0.2) is 0 Å². The molecule has 0 bridgehead atoms. The first kappa shape index (κ1) is 20.5. The maximum absolute atomic E-state index is 13.0. The number of amides is 2. The number of hydrogen-bond donors (Lipinski definition) is 2. The Labute approximate surface area is 171 Å². The van der Waals surface area contributed by atoms with Crippen LogP contribution in [0.1, 0.15) is 51.4 Å². The van der Waals surface area contributed by atoms with E-state index in [-0.39, 0.29) is 11.8 Å². The van der Waals surface area contributed by atoms with Crippen molar-refractivity contribution in [1.29, 1.82) is 0 Å². The predicted octanol–water partition coefficient (Wildman–Crippen LogP) is 4.80. The molecule has 3 aromatic rings. The predicted molar refractivity (Wildman–Crippen MR) is 118 cm³/mol. The molecular formula is C24H27N3O2. The third-order valence-electron chi connectivity index (χ3n) is 4.74. The molecule has 0 saturated carbocycles. The Balaban J connectivity index is 1.85. The quantitative estimate of drug-likeness (QED) is 0.658. The first-order valence-corrected chi connectivity index (χ1v) is 9.83. The monoisotopic (exact) mass is 389 g/mol. The first-order chi connectivity index (χ1) is 13.7. The van der Waals surface area contributed by atoms with E-state index in [2.05, 4.69) is 29.5 Å². The molecule has 1 heterocycles. The van der Waals surface area contributed by atoms with Gasteiger partial charge in [0.15, 0.2) is 0 Å². The average Bonchev–Trinajstić information content (AvgIpc) is 2.67. The molecule has 2 N–H and O–H groups in total. The molecule has 0 radical (unpaired) electrons. The minimum absolute atomic E-state index is 0.106. The topological polar surface area (TPSA) is 71.1 Å². The number of nitrogens with zero attached hydrogens (tertiary/aromatic N) is 1. The highest BCUT2D eigenvalue weighted by Crippen LogP contribution is 2.23. The standard InChI is InChI=1S/C24H27N3O2/c1-14(2)13-25-23(28)18-7-9-21(16(4)11-18)27-24(29)20-12-17(5)26-22-8-6-15(3)10-19(20)22/h6-12,14H,13H2,1-5H3,(H,25,28)(H,27,29). The summed E-state index contributed by atoms with van der Waals surface area (Å²) in [5.74, 6) is 0.0954. The summed E-state index contributed by atoms with van der Waals surface area (Å²) in [6, 6.07) is 13.0. The number of hydrogen-bond acceptors (Lipinski definition) is 3. The van der Waals surface area contributed by atoms with E-state index in [9.17, 15) is 9.59 Å². The van der Waals surface area contributed by atoms with Crippen molar-refractivity contribution in [3.8, 4) is 0 Å². The lowest BCUT2D eigenvalue weighted by Gasteiger charge is -2.13. The molecule has 0 aliphatic carbocycles. The van der Waals surface area contributed by atoms with Crippen LogP contribution in [-0.2, 0) is 0 Å². The van der Waals surface area contributed by atoms with Gasteiger partial charge in [-0.15, -0.1) is 0 Å². The molecule has 0 saturated heterocycles. The lowest BCUT2D eigenvalue weighted by molar-refractivity contribution is 0.0948. The smallest absolute Gasteiger partial charge is 0.256 e. The summed E-state index contributed by atoms with van der Waals surface area (Å²) < 4.78 is 0. The highest BCUT2D eigenvalue weighted by molar-refractivity contribution is 6.12. The second kappa shape index (κ2) is 8.43. The van der Waals surface area contributed by atoms with E-state index in [1.165, 1.54) is 0 Å². The van der Waals surface area contributed by atoms with Gasteiger partial charge >= 0.3 is 0 Å². The van der Waals surface area contributed by atoms with Crippen molar-refractivity contribution in [3.63, 3.8) is 0 Å². The number of aromatic nitrogens is 1. The summed E-state index contributed by atoms with van der Waals surface area (Å²) in [5, 5.41) is 6.72. The molecule has 0 atom stereocenters. The van der Waals surface area contributed by atoms with Gasteiger partial charge < -0.3 is 10.6 Å². The van der Waals surface area contributed by atoms with Crippen LogP contribution < -0.4 is 10.6 Å². The van der Waals surface area contributed by atoms with Gasteiger partial charge in [0.05, 0.1) is 11.1 Å². The maximum atomic E-state index is 13.0. The molecule has 5 nitrogen and oxygen atoms in total. The fourth-order valence-electron chi connectivity index (χ4n) is 3.19. The average molecular weight is 389 g/mol. The van der Waals surface area contributed by atoms with Crippen LogP contribution in [0.3, 0.4) is 0 Å². The number of nitrogens with one attached hydrogen (secondary N) is 2. The third kappa shape index (κ3) is 4.80. The Bertz CT molecular complexity index is 1090. The van der Waals surface area contributed by atoms with Crippen LogP contribution in [0.15, 0.2) is 42.5 Å². The van der Waals surface area contributed by atoms with Crippen molar-refractivity contribution < 1.29 is 9.59 Å². The molecule has 0 fully saturated rings. The number of benzene rings is 2. The van der Waals surface area contributed by atoms with Crippen molar-refractivity contribution in [2.75, 3.05) is 11.9 Å². The summed E-state index contributed by atoms with van der Waals surface area (Å²) in [7, 11) is 0. The first-order valence-electron chi connectivity index (χ1n) is 9.83. The number of fused-ring (bicyclic) bond motifs is 1. The SMILES string of the molecule is Cc1ccc2nc(C)cc(C(=O)Nc3ccc(C(=O)NCC(C)C)cc3C)c2c1. The number of anilines is 1. The lowest BCUT2D eigenvalue weighted by Crippen LogP contribution is -2.27. The highest BCUT2D eigenvalue weighted by Gasteiger charge is 2.15. The molecule has 0 spiro atoms. The van der Waals surface area contributed by atoms with E-state index in [0.717, 1.165) is 27.7 Å². The van der Waals surface area contributed by atoms with Crippen LogP contribution in [0.2, 0.25) is 0 Å². The normalized spacial score (nSPS) is 11.0. The van der Waals surface area contributed by atoms with Gasteiger partial charge in [-0.1, -0.05) is 25.5 Å². The minimum Gasteiger partial charge on any atom is -0.352 e. The van der Waals surface area contributed by atoms with Gasteiger partial charge in [0, 0.05) is 28.9 Å². The van der Waals surface area contributed by atoms with Gasteiger partial charge in [0.2, 0.25) is 0 Å². The van der Waals surface area contributed by atoms with Crippen molar-refractivity contribution >= 4 is 28.4 Å². The fourth-order valence-corrected chi connectivity index (χ4v) is 3.19. The summed E-state index contributed by atoms with van der Waals surface area (Å²) in [6.45, 7) is 10.5. The van der Waals surface area contributed by atoms with Gasteiger partial charge in [-0.3, -0.25) is 14.6 Å². The van der Waals surface area contributed by atoms with E-state index >= 15 is 0 Å². The van der Waals surface area contributed by atoms with Crippen LogP contribution in [0.5, 0.6) is 0 Å². The molecule has 1 aromatic heterocycles. The van der Waals surface area contributed by atoms with E-state index in [1.807, 2.05) is 39.0 Å². The van der Waals surface area contributed by atoms with Crippen LogP contribution in [-0.4, -0.2) is 23.3 Å². The van der Waals surface area contributed by atoms with Gasteiger partial charge in [-0.2, -0.15) is 0 Å². The zero-order chi connectivity index (χ0) is 21.1. The summed E-state index contributed by atoms with van der Waals surface area (Å²) >= 11 is 0. The van der Waals surface area contributed by atoms with Crippen molar-refractivity contribution in [2.24, 2.45) is 5.92 Å². The maximum Gasteiger partial charge on any atom is 0.256 e. The Morgan fingerprint density at radius 1 is 0.966 bits per heavy atom. The Morgan fingerprint density at radius 2 is 1.72 bits per heavy atom. The number of carbonyl (C=O) groups is 2. The Morgan fingerprint density at radius 3 is 2.41 bits per heavy atom. The molecule has 150 valence electrons. The van der Waals surface area contributed by atoms with E-state index in [1.54, 1.807) is 24.3 Å². The fraction of sp³-hybridized carbons (Fsp3) is 0.292. The Kier molecular flexibility index (Phi) is 5.97.